The highest BCUT2D eigenvalue weighted by molar-refractivity contribution is 6.31. The standard InChI is InChI=1S/C27H34N2O7/c1-5-12(4)29-10-13-6-7-17(30)20-15(13)8-14-9-16-18(11(2)3)22(31)21(26(28)35)25(34)27(16,36)24(33)19(14)23(20)32/h6-7,11-12,14,16,18-19,21,29-30,36H,5,8-10H2,1-4H3,(H2,28,35)/t12?,14-,16-,18-,19?,21?,27-/m0/s1. The second-order valence-electron chi connectivity index (χ2n) is 10.9. The Morgan fingerprint density at radius 1 is 1.17 bits per heavy atom. The molecule has 9 heteroatoms. The Morgan fingerprint density at radius 3 is 2.42 bits per heavy atom. The van der Waals surface area contributed by atoms with E-state index in [1.807, 2.05) is 13.8 Å². The molecule has 1 amide bonds. The van der Waals surface area contributed by atoms with E-state index >= 15 is 0 Å². The van der Waals surface area contributed by atoms with E-state index in [9.17, 15) is 34.2 Å². The molecule has 3 aliphatic rings. The molecule has 0 radical (unpaired) electrons. The Balaban J connectivity index is 1.81. The number of hydrogen-bond acceptors (Lipinski definition) is 8. The summed E-state index contributed by atoms with van der Waals surface area (Å²) in [5.74, 6) is -11.3. The molecule has 0 aliphatic heterocycles. The number of phenolic OH excluding ortho intramolecular Hbond substituents is 1. The van der Waals surface area contributed by atoms with Gasteiger partial charge in [0.15, 0.2) is 34.7 Å². The van der Waals surface area contributed by atoms with E-state index in [1.54, 1.807) is 19.9 Å². The average molecular weight is 499 g/mol. The summed E-state index contributed by atoms with van der Waals surface area (Å²) in [4.78, 5) is 65.9. The van der Waals surface area contributed by atoms with Gasteiger partial charge in [-0.25, -0.2) is 0 Å². The number of hydrogen-bond donors (Lipinski definition) is 4. The van der Waals surface area contributed by atoms with E-state index < -0.39 is 64.2 Å². The van der Waals surface area contributed by atoms with Crippen LogP contribution >= 0.6 is 0 Å². The third-order valence-corrected chi connectivity index (χ3v) is 8.55. The minimum Gasteiger partial charge on any atom is -0.507 e. The fourth-order valence-electron chi connectivity index (χ4n) is 6.51. The van der Waals surface area contributed by atoms with Gasteiger partial charge >= 0.3 is 0 Å². The first-order chi connectivity index (χ1) is 16.9. The van der Waals surface area contributed by atoms with Gasteiger partial charge in [-0.1, -0.05) is 26.8 Å². The van der Waals surface area contributed by atoms with Crippen LogP contribution in [0.15, 0.2) is 12.1 Å². The van der Waals surface area contributed by atoms with Gasteiger partial charge in [-0.2, -0.15) is 0 Å². The molecule has 0 spiro atoms. The number of nitrogens with one attached hydrogen (secondary N) is 1. The quantitative estimate of drug-likeness (QED) is 0.424. The van der Waals surface area contributed by atoms with E-state index in [4.69, 9.17) is 5.73 Å². The van der Waals surface area contributed by atoms with Crippen molar-refractivity contribution in [3.63, 3.8) is 0 Å². The number of benzene rings is 1. The highest BCUT2D eigenvalue weighted by Gasteiger charge is 2.69. The van der Waals surface area contributed by atoms with Crippen LogP contribution in [0.4, 0.5) is 0 Å². The van der Waals surface area contributed by atoms with Gasteiger partial charge in [0.25, 0.3) is 0 Å². The molecule has 3 aliphatic carbocycles. The van der Waals surface area contributed by atoms with E-state index in [1.165, 1.54) is 6.07 Å². The highest BCUT2D eigenvalue weighted by atomic mass is 16.3. The number of fused-ring (bicyclic) bond motifs is 3. The van der Waals surface area contributed by atoms with E-state index in [0.29, 0.717) is 12.1 Å². The van der Waals surface area contributed by atoms with Crippen molar-refractivity contribution in [1.29, 1.82) is 0 Å². The minimum absolute atomic E-state index is 0.0290. The molecule has 194 valence electrons. The second kappa shape index (κ2) is 9.19. The number of Topliss-reactive ketones (excluding diaryl/α,β-unsaturated/α-hetero) is 4. The number of primary amides is 1. The van der Waals surface area contributed by atoms with Crippen molar-refractivity contribution >= 4 is 29.0 Å². The Hall–Kier alpha value is -2.91. The molecular formula is C27H34N2O7. The molecule has 0 saturated heterocycles. The van der Waals surface area contributed by atoms with Gasteiger partial charge < -0.3 is 21.3 Å². The summed E-state index contributed by atoms with van der Waals surface area (Å²) in [5.41, 5.74) is 4.18. The molecule has 2 fully saturated rings. The van der Waals surface area contributed by atoms with Crippen LogP contribution in [0.2, 0.25) is 0 Å². The minimum atomic E-state index is -2.66. The lowest BCUT2D eigenvalue weighted by atomic mass is 9.49. The first kappa shape index (κ1) is 26.2. The number of rotatable bonds is 6. The monoisotopic (exact) mass is 498 g/mol. The molecule has 1 aromatic rings. The van der Waals surface area contributed by atoms with Crippen molar-refractivity contribution in [2.45, 2.75) is 65.1 Å². The van der Waals surface area contributed by atoms with E-state index in [-0.39, 0.29) is 36.1 Å². The van der Waals surface area contributed by atoms with Crippen LogP contribution < -0.4 is 11.1 Å². The van der Waals surface area contributed by atoms with Gasteiger partial charge in [-0.05, 0) is 55.2 Å². The SMILES string of the molecule is CCC(C)NCc1ccc(O)c2c1C[C@H]1C[C@H]3[C@H](C(C)C)C(=O)C(C(N)=O)C(=O)[C@@]3(O)C(=O)C1C2=O. The van der Waals surface area contributed by atoms with Crippen LogP contribution in [0.25, 0.3) is 0 Å². The van der Waals surface area contributed by atoms with Crippen molar-refractivity contribution < 1.29 is 34.2 Å². The van der Waals surface area contributed by atoms with Crippen LogP contribution in [-0.2, 0) is 32.1 Å². The maximum atomic E-state index is 13.8. The number of aromatic hydroxyl groups is 1. The fraction of sp³-hybridized carbons (Fsp3) is 0.593. The number of carbonyl (C=O) groups excluding carboxylic acids is 5. The van der Waals surface area contributed by atoms with Crippen molar-refractivity contribution in [3.05, 3.63) is 28.8 Å². The Morgan fingerprint density at radius 2 is 1.83 bits per heavy atom. The molecule has 0 bridgehead atoms. The summed E-state index contributed by atoms with van der Waals surface area (Å²) in [7, 11) is 0. The number of amides is 1. The molecule has 0 aromatic heterocycles. The molecule has 4 rings (SSSR count). The maximum Gasteiger partial charge on any atom is 0.235 e. The van der Waals surface area contributed by atoms with Crippen molar-refractivity contribution in [1.82, 2.24) is 5.32 Å². The molecule has 0 heterocycles. The number of carbonyl (C=O) groups is 5. The number of nitrogens with two attached hydrogens (primary N) is 1. The molecule has 36 heavy (non-hydrogen) atoms. The first-order valence-electron chi connectivity index (χ1n) is 12.6. The molecule has 9 nitrogen and oxygen atoms in total. The van der Waals surface area contributed by atoms with Gasteiger partial charge in [-0.15, -0.1) is 0 Å². The average Bonchev–Trinajstić information content (AvgIpc) is 2.80. The number of aliphatic hydroxyl groups is 1. The first-order valence-corrected chi connectivity index (χ1v) is 12.6. The zero-order chi connectivity index (χ0) is 26.7. The number of phenols is 1. The van der Waals surface area contributed by atoms with Crippen LogP contribution in [0.3, 0.4) is 0 Å². The molecule has 3 unspecified atom stereocenters. The number of ketones is 4. The van der Waals surface area contributed by atoms with Crippen LogP contribution in [0, 0.1) is 35.5 Å². The summed E-state index contributed by atoms with van der Waals surface area (Å²) in [6.07, 6.45) is 1.27. The van der Waals surface area contributed by atoms with Crippen molar-refractivity contribution in [2.24, 2.45) is 41.2 Å². The molecule has 7 atom stereocenters. The summed E-state index contributed by atoms with van der Waals surface area (Å²) in [6, 6.07) is 3.40. The predicted molar refractivity (Wildman–Crippen MR) is 129 cm³/mol. The van der Waals surface area contributed by atoms with Crippen molar-refractivity contribution in [2.75, 3.05) is 0 Å². The Kier molecular flexibility index (Phi) is 6.68. The molecule has 5 N–H and O–H groups in total. The van der Waals surface area contributed by atoms with Gasteiger partial charge in [0.2, 0.25) is 5.91 Å². The fourth-order valence-corrected chi connectivity index (χ4v) is 6.51. The maximum absolute atomic E-state index is 13.8. The smallest absolute Gasteiger partial charge is 0.235 e. The van der Waals surface area contributed by atoms with Gasteiger partial charge in [0.05, 0.1) is 11.5 Å². The van der Waals surface area contributed by atoms with Crippen LogP contribution in [0.1, 0.15) is 62.0 Å². The third-order valence-electron chi connectivity index (χ3n) is 8.55. The summed E-state index contributed by atoms with van der Waals surface area (Å²) in [6.45, 7) is 8.01. The summed E-state index contributed by atoms with van der Waals surface area (Å²) in [5, 5.41) is 25.6. The van der Waals surface area contributed by atoms with E-state index in [2.05, 4.69) is 5.32 Å². The second-order valence-corrected chi connectivity index (χ2v) is 10.9. The summed E-state index contributed by atoms with van der Waals surface area (Å²) >= 11 is 0. The highest BCUT2D eigenvalue weighted by Crippen LogP contribution is 2.53. The van der Waals surface area contributed by atoms with E-state index in [0.717, 1.165) is 12.0 Å². The third kappa shape index (κ3) is 3.71. The topological polar surface area (TPSA) is 164 Å². The lowest BCUT2D eigenvalue weighted by molar-refractivity contribution is -0.182. The lowest BCUT2D eigenvalue weighted by Crippen LogP contribution is -2.71. The molecule has 2 saturated carbocycles. The largest absolute Gasteiger partial charge is 0.507 e. The van der Waals surface area contributed by atoms with Crippen LogP contribution in [-0.4, -0.2) is 50.9 Å². The summed E-state index contributed by atoms with van der Waals surface area (Å²) < 4.78 is 0. The van der Waals surface area contributed by atoms with Gasteiger partial charge in [0.1, 0.15) is 5.75 Å². The Bertz CT molecular complexity index is 1160. The Labute approximate surface area is 209 Å². The molecular weight excluding hydrogens is 464 g/mol. The van der Waals surface area contributed by atoms with Gasteiger partial charge in [-0.3, -0.25) is 24.0 Å². The normalized spacial score (nSPS) is 32.7. The van der Waals surface area contributed by atoms with Crippen molar-refractivity contribution in [3.8, 4) is 5.75 Å². The predicted octanol–water partition coefficient (Wildman–Crippen LogP) is 1.10. The lowest BCUT2D eigenvalue weighted by Gasteiger charge is -2.52. The van der Waals surface area contributed by atoms with Gasteiger partial charge in [0, 0.05) is 24.4 Å². The molecule has 1 aromatic carbocycles. The zero-order valence-corrected chi connectivity index (χ0v) is 21.0. The zero-order valence-electron chi connectivity index (χ0n) is 21.0. The van der Waals surface area contributed by atoms with Crippen LogP contribution in [0.5, 0.6) is 5.75 Å².